The van der Waals surface area contributed by atoms with Gasteiger partial charge in [0.15, 0.2) is 0 Å². The van der Waals surface area contributed by atoms with Crippen LogP contribution in [0.3, 0.4) is 0 Å². The summed E-state index contributed by atoms with van der Waals surface area (Å²) in [6.07, 6.45) is 6.59. The number of nitrogens with zero attached hydrogens (tertiary/aromatic N) is 4. The van der Waals surface area contributed by atoms with Crippen LogP contribution in [0.15, 0.2) is 60.9 Å². The zero-order valence-electron chi connectivity index (χ0n) is 31.1. The monoisotopic (exact) mass is 708 g/mol. The van der Waals surface area contributed by atoms with Gasteiger partial charge in [-0.05, 0) is 66.3 Å². The van der Waals surface area contributed by atoms with Gasteiger partial charge in [0.2, 0.25) is 11.8 Å². The van der Waals surface area contributed by atoms with Crippen molar-refractivity contribution in [2.75, 3.05) is 26.7 Å². The summed E-state index contributed by atoms with van der Waals surface area (Å²) in [5.41, 5.74) is 6.02. The van der Waals surface area contributed by atoms with Crippen LogP contribution in [0.25, 0.3) is 33.6 Å². The van der Waals surface area contributed by atoms with Gasteiger partial charge in [-0.1, -0.05) is 83.1 Å². The Kier molecular flexibility index (Phi) is 11.4. The molecule has 4 unspecified atom stereocenters. The number of rotatable bonds is 12. The summed E-state index contributed by atoms with van der Waals surface area (Å²) in [6, 6.07) is 15.6. The predicted molar refractivity (Wildman–Crippen MR) is 201 cm³/mol. The third kappa shape index (κ3) is 7.77. The Balaban J connectivity index is 1.11. The number of nitrogens with one attached hydrogen (secondary N) is 4. The second-order valence-electron chi connectivity index (χ2n) is 14.5. The molecule has 2 saturated heterocycles. The number of methoxy groups -OCH3 is 1. The maximum Gasteiger partial charge on any atom is 0.407 e. The number of aromatic amines is 2. The average molecular weight is 709 g/mol. The lowest BCUT2D eigenvalue weighted by molar-refractivity contribution is -0.136. The maximum absolute atomic E-state index is 13.5. The number of benzene rings is 2. The van der Waals surface area contributed by atoms with Crippen LogP contribution >= 0.6 is 0 Å². The van der Waals surface area contributed by atoms with E-state index in [-0.39, 0.29) is 41.8 Å². The van der Waals surface area contributed by atoms with Gasteiger partial charge in [0.1, 0.15) is 17.7 Å². The molecule has 0 saturated carbocycles. The molecular formula is C40H52N8O4. The quantitative estimate of drug-likeness (QED) is 0.132. The Hall–Kier alpha value is -4.97. The molecule has 0 bridgehead atoms. The highest BCUT2D eigenvalue weighted by molar-refractivity contribution is 5.86. The van der Waals surface area contributed by atoms with Crippen molar-refractivity contribution in [1.29, 1.82) is 0 Å². The van der Waals surface area contributed by atoms with Crippen LogP contribution < -0.4 is 10.6 Å². The SMILES string of the molecule is CCNC(C(=O)N1CCCC1c1ncc(-c2ccc(-c3ccc(-c4cnc(C5CCCN5C(=O)C(NC(=O)OC)C(C)C)[nH]4)cc3)cc2)[nH]1)C(C)C. The standard InChI is InChI=1S/C40H52N8O4/c1-7-41-34(24(2)3)38(49)47-20-8-10-32(47)36-42-22-30(44-36)28-16-12-26(13-17-28)27-14-18-29(19-15-27)31-23-43-37(45-31)33-11-9-21-48(33)39(50)35(25(4)5)46-40(51)52-6/h12-19,22-25,32-35,41H,7-11,20-21H2,1-6H3,(H,42,44)(H,43,45)(H,46,51). The number of H-pyrrole nitrogens is 2. The van der Waals surface area contributed by atoms with Crippen molar-refractivity contribution in [3.05, 3.63) is 72.6 Å². The lowest BCUT2D eigenvalue weighted by Gasteiger charge is -2.30. The van der Waals surface area contributed by atoms with Gasteiger partial charge in [-0.15, -0.1) is 0 Å². The van der Waals surface area contributed by atoms with Gasteiger partial charge in [0, 0.05) is 13.1 Å². The topological polar surface area (TPSA) is 148 Å². The molecule has 0 spiro atoms. The molecule has 2 aliphatic rings. The van der Waals surface area contributed by atoms with E-state index in [1.54, 1.807) is 0 Å². The smallest absolute Gasteiger partial charge is 0.407 e. The second kappa shape index (κ2) is 16.1. The van der Waals surface area contributed by atoms with Crippen LogP contribution in [0.2, 0.25) is 0 Å². The summed E-state index contributed by atoms with van der Waals surface area (Å²) in [6.45, 7) is 12.1. The van der Waals surface area contributed by atoms with E-state index < -0.39 is 12.1 Å². The Bertz CT molecular complexity index is 1830. The molecule has 2 aromatic carbocycles. The van der Waals surface area contributed by atoms with E-state index in [4.69, 9.17) is 9.72 Å². The minimum Gasteiger partial charge on any atom is -0.453 e. The minimum atomic E-state index is -0.674. The molecule has 3 amide bonds. The van der Waals surface area contributed by atoms with Crippen molar-refractivity contribution >= 4 is 17.9 Å². The zero-order valence-corrected chi connectivity index (χ0v) is 31.1. The molecule has 4 heterocycles. The first-order valence-electron chi connectivity index (χ1n) is 18.6. The summed E-state index contributed by atoms with van der Waals surface area (Å²) in [7, 11) is 1.30. The molecule has 2 aromatic heterocycles. The summed E-state index contributed by atoms with van der Waals surface area (Å²) in [5, 5.41) is 6.07. The Labute approximate surface area is 306 Å². The van der Waals surface area contributed by atoms with Crippen molar-refractivity contribution in [3.8, 4) is 33.6 Å². The molecule has 2 fully saturated rings. The molecule has 0 radical (unpaired) electrons. The third-order valence-electron chi connectivity index (χ3n) is 10.4. The lowest BCUT2D eigenvalue weighted by atomic mass is 10.0. The van der Waals surface area contributed by atoms with Crippen molar-refractivity contribution in [3.63, 3.8) is 0 Å². The maximum atomic E-state index is 13.5. The fraction of sp³-hybridized carbons (Fsp3) is 0.475. The molecule has 4 N–H and O–H groups in total. The Morgan fingerprint density at radius 2 is 1.15 bits per heavy atom. The Morgan fingerprint density at radius 3 is 1.56 bits per heavy atom. The fourth-order valence-corrected chi connectivity index (χ4v) is 7.50. The Morgan fingerprint density at radius 1 is 0.731 bits per heavy atom. The molecule has 12 heteroatoms. The van der Waals surface area contributed by atoms with Crippen LogP contribution in [-0.4, -0.2) is 86.5 Å². The van der Waals surface area contributed by atoms with E-state index in [1.807, 2.05) is 43.0 Å². The zero-order chi connectivity index (χ0) is 36.9. The molecular weight excluding hydrogens is 656 g/mol. The molecule has 0 aliphatic carbocycles. The number of aromatic nitrogens is 4. The second-order valence-corrected chi connectivity index (χ2v) is 14.5. The number of alkyl carbamates (subject to hydrolysis) is 1. The van der Waals surface area contributed by atoms with Crippen molar-refractivity contribution in [2.45, 2.75) is 84.5 Å². The molecule has 12 nitrogen and oxygen atoms in total. The van der Waals surface area contributed by atoms with E-state index in [0.29, 0.717) is 6.54 Å². The van der Waals surface area contributed by atoms with E-state index in [2.05, 4.69) is 88.0 Å². The molecule has 4 aromatic rings. The van der Waals surface area contributed by atoms with Crippen LogP contribution in [0.1, 0.15) is 84.0 Å². The van der Waals surface area contributed by atoms with Crippen molar-refractivity contribution < 1.29 is 19.1 Å². The van der Waals surface area contributed by atoms with Crippen LogP contribution in [-0.2, 0) is 14.3 Å². The molecule has 52 heavy (non-hydrogen) atoms. The normalized spacial score (nSPS) is 18.6. The van der Waals surface area contributed by atoms with Crippen LogP contribution in [0, 0.1) is 11.8 Å². The number of likely N-dealkylation sites (tertiary alicyclic amines) is 2. The van der Waals surface area contributed by atoms with Gasteiger partial charge in [-0.2, -0.15) is 0 Å². The number of hydrogen-bond donors (Lipinski definition) is 4. The number of hydrogen-bond acceptors (Lipinski definition) is 7. The van der Waals surface area contributed by atoms with E-state index in [1.165, 1.54) is 7.11 Å². The third-order valence-corrected chi connectivity index (χ3v) is 10.4. The van der Waals surface area contributed by atoms with Gasteiger partial charge in [0.05, 0.1) is 49.0 Å². The molecule has 276 valence electrons. The molecule has 6 rings (SSSR count). The van der Waals surface area contributed by atoms with E-state index in [9.17, 15) is 14.4 Å². The lowest BCUT2D eigenvalue weighted by Crippen LogP contribution is -2.51. The first-order chi connectivity index (χ1) is 25.1. The van der Waals surface area contributed by atoms with Gasteiger partial charge in [-0.3, -0.25) is 9.59 Å². The van der Waals surface area contributed by atoms with Gasteiger partial charge >= 0.3 is 6.09 Å². The highest BCUT2D eigenvalue weighted by atomic mass is 16.5. The van der Waals surface area contributed by atoms with Gasteiger partial charge in [0.25, 0.3) is 0 Å². The first-order valence-corrected chi connectivity index (χ1v) is 18.6. The molecule has 4 atom stereocenters. The summed E-state index contributed by atoms with van der Waals surface area (Å²) < 4.78 is 4.75. The average Bonchev–Trinajstić information content (AvgIpc) is 3.98. The minimum absolute atomic E-state index is 0.0444. The molecule has 2 aliphatic heterocycles. The number of carbonyl (C=O) groups excluding carboxylic acids is 3. The van der Waals surface area contributed by atoms with Gasteiger partial charge in [-0.25, -0.2) is 14.8 Å². The van der Waals surface area contributed by atoms with Crippen molar-refractivity contribution in [2.24, 2.45) is 11.8 Å². The van der Waals surface area contributed by atoms with E-state index in [0.717, 1.165) is 84.1 Å². The number of ether oxygens (including phenoxy) is 1. The van der Waals surface area contributed by atoms with Gasteiger partial charge < -0.3 is 35.1 Å². The van der Waals surface area contributed by atoms with E-state index >= 15 is 0 Å². The highest BCUT2D eigenvalue weighted by Crippen LogP contribution is 2.35. The van der Waals surface area contributed by atoms with Crippen LogP contribution in [0.4, 0.5) is 4.79 Å². The highest BCUT2D eigenvalue weighted by Gasteiger charge is 2.38. The number of likely N-dealkylation sites (N-methyl/N-ethyl adjacent to an activating group) is 1. The summed E-state index contributed by atoms with van der Waals surface area (Å²) in [4.78, 5) is 59.1. The van der Waals surface area contributed by atoms with Crippen LogP contribution in [0.5, 0.6) is 0 Å². The fourth-order valence-electron chi connectivity index (χ4n) is 7.50. The largest absolute Gasteiger partial charge is 0.453 e. The predicted octanol–water partition coefficient (Wildman–Crippen LogP) is 6.48. The summed E-state index contributed by atoms with van der Waals surface area (Å²) >= 11 is 0. The number of amides is 3. The number of imidazole rings is 2. The van der Waals surface area contributed by atoms with Crippen molar-refractivity contribution in [1.82, 2.24) is 40.4 Å². The first kappa shape index (κ1) is 36.8. The number of carbonyl (C=O) groups is 3. The summed E-state index contributed by atoms with van der Waals surface area (Å²) in [5.74, 6) is 1.72.